The Morgan fingerprint density at radius 3 is 2.89 bits per heavy atom. The molecular weight excluding hydrogens is 481 g/mol. The van der Waals surface area contributed by atoms with Crippen LogP contribution < -0.4 is 10.1 Å². The third-order valence-electron chi connectivity index (χ3n) is 5.42. The molecule has 1 fully saturated rings. The lowest BCUT2D eigenvalue weighted by Crippen LogP contribution is -2.44. The first-order chi connectivity index (χ1) is 16.8. The van der Waals surface area contributed by atoms with E-state index in [4.69, 9.17) is 21.1 Å². The van der Waals surface area contributed by atoms with Gasteiger partial charge in [0.1, 0.15) is 24.1 Å². The van der Waals surface area contributed by atoms with Crippen molar-refractivity contribution in [3.8, 4) is 5.75 Å². The molecular formula is C23H23ClFN5O5. The minimum Gasteiger partial charge on any atom is -0.487 e. The molecule has 0 bridgehead atoms. The first-order valence-corrected chi connectivity index (χ1v) is 11.4. The number of benzene rings is 2. The number of aromatic nitrogens is 2. The highest BCUT2D eigenvalue weighted by molar-refractivity contribution is 6.31. The van der Waals surface area contributed by atoms with E-state index in [9.17, 15) is 19.3 Å². The zero-order chi connectivity index (χ0) is 24.9. The summed E-state index contributed by atoms with van der Waals surface area (Å²) in [6.45, 7) is 3.78. The fourth-order valence-corrected chi connectivity index (χ4v) is 4.02. The van der Waals surface area contributed by atoms with Crippen LogP contribution in [0.15, 0.2) is 36.7 Å². The molecule has 0 aliphatic carbocycles. The Labute approximate surface area is 205 Å². The number of esters is 1. The van der Waals surface area contributed by atoms with Crippen LogP contribution in [-0.2, 0) is 9.53 Å². The molecule has 35 heavy (non-hydrogen) atoms. The Bertz CT molecular complexity index is 1260. The molecule has 0 amide bonds. The van der Waals surface area contributed by atoms with Crippen molar-refractivity contribution in [3.05, 3.63) is 57.6 Å². The smallest absolute Gasteiger partial charge is 0.320 e. The molecule has 2 heterocycles. The third kappa shape index (κ3) is 6.11. The first kappa shape index (κ1) is 24.6. The number of nitrogens with one attached hydrogen (secondary N) is 1. The second kappa shape index (κ2) is 10.8. The van der Waals surface area contributed by atoms with Crippen LogP contribution in [0, 0.1) is 15.9 Å². The van der Waals surface area contributed by atoms with Gasteiger partial charge in [0.05, 0.1) is 34.0 Å². The fourth-order valence-electron chi connectivity index (χ4n) is 3.84. The van der Waals surface area contributed by atoms with Gasteiger partial charge in [0.25, 0.3) is 0 Å². The van der Waals surface area contributed by atoms with E-state index >= 15 is 0 Å². The highest BCUT2D eigenvalue weighted by atomic mass is 35.5. The lowest BCUT2D eigenvalue weighted by Gasteiger charge is -2.30. The second-order valence-corrected chi connectivity index (χ2v) is 8.57. The molecule has 0 radical (unpaired) electrons. The minimum atomic E-state index is -0.560. The zero-order valence-electron chi connectivity index (χ0n) is 18.9. The monoisotopic (exact) mass is 503 g/mol. The summed E-state index contributed by atoms with van der Waals surface area (Å²) in [4.78, 5) is 33.1. The van der Waals surface area contributed by atoms with Crippen molar-refractivity contribution in [3.63, 3.8) is 0 Å². The number of hydrogen-bond acceptors (Lipinski definition) is 9. The summed E-state index contributed by atoms with van der Waals surface area (Å²) < 4.78 is 24.3. The average molecular weight is 504 g/mol. The number of morpholine rings is 1. The van der Waals surface area contributed by atoms with E-state index < -0.39 is 10.7 Å². The largest absolute Gasteiger partial charge is 0.487 e. The van der Waals surface area contributed by atoms with E-state index in [1.54, 1.807) is 0 Å². The summed E-state index contributed by atoms with van der Waals surface area (Å²) in [7, 11) is 0. The molecule has 1 aliphatic heterocycles. The maximum absolute atomic E-state index is 13.5. The molecule has 12 heteroatoms. The number of halogens is 2. The number of carbonyl (C=O) groups excluding carboxylic acids is 1. The summed E-state index contributed by atoms with van der Waals surface area (Å²) in [6.07, 6.45) is 2.60. The number of cyclic esters (lactones) is 1. The van der Waals surface area contributed by atoms with Crippen molar-refractivity contribution in [1.29, 1.82) is 0 Å². The average Bonchev–Trinajstić information content (AvgIpc) is 2.80. The van der Waals surface area contributed by atoms with Crippen molar-refractivity contribution in [2.45, 2.75) is 25.9 Å². The maximum Gasteiger partial charge on any atom is 0.320 e. The number of nitrogens with zero attached hydrogens (tertiary/aromatic N) is 4. The molecule has 1 aliphatic rings. The number of hydrogen-bond donors (Lipinski definition) is 1. The lowest BCUT2D eigenvalue weighted by atomic mass is 10.2. The van der Waals surface area contributed by atoms with Crippen molar-refractivity contribution < 1.29 is 23.6 Å². The topological polar surface area (TPSA) is 120 Å². The number of ether oxygens (including phenoxy) is 2. The standard InChI is InChI=1S/C23H23ClFN5O5/c1-14-11-29(12-22(31)35-14)6-2-3-7-34-21-10-19-16(9-20(21)30(32)33)23(27-13-26-19)28-15-4-5-18(25)17(24)8-15/h4-5,8-10,13-14H,2-3,6-7,11-12H2,1H3,(H,26,27,28). The van der Waals surface area contributed by atoms with Crippen molar-refractivity contribution in [1.82, 2.24) is 14.9 Å². The van der Waals surface area contributed by atoms with E-state index in [2.05, 4.69) is 15.3 Å². The number of anilines is 2. The Morgan fingerprint density at radius 1 is 1.31 bits per heavy atom. The van der Waals surface area contributed by atoms with Crippen molar-refractivity contribution >= 4 is 45.7 Å². The summed E-state index contributed by atoms with van der Waals surface area (Å²) in [5, 5.41) is 15.1. The van der Waals surface area contributed by atoms with Crippen LogP contribution >= 0.6 is 11.6 Å². The first-order valence-electron chi connectivity index (χ1n) is 11.0. The van der Waals surface area contributed by atoms with Gasteiger partial charge in [-0.3, -0.25) is 19.8 Å². The summed E-state index contributed by atoms with van der Waals surface area (Å²) >= 11 is 5.84. The third-order valence-corrected chi connectivity index (χ3v) is 5.71. The van der Waals surface area contributed by atoms with Gasteiger partial charge in [-0.2, -0.15) is 0 Å². The van der Waals surface area contributed by atoms with Crippen molar-refractivity contribution in [2.75, 3.05) is 31.6 Å². The molecule has 1 saturated heterocycles. The normalized spacial score (nSPS) is 16.2. The number of rotatable bonds is 9. The van der Waals surface area contributed by atoms with Gasteiger partial charge in [-0.1, -0.05) is 11.6 Å². The molecule has 0 saturated carbocycles. The van der Waals surface area contributed by atoms with E-state index in [-0.39, 0.29) is 41.7 Å². The molecule has 4 rings (SSSR count). The fraction of sp³-hybridized carbons (Fsp3) is 0.348. The number of carbonyl (C=O) groups is 1. The van der Waals surface area contributed by atoms with Gasteiger partial charge in [0.2, 0.25) is 0 Å². The molecule has 0 spiro atoms. The van der Waals surface area contributed by atoms with Crippen LogP contribution in [0.25, 0.3) is 10.9 Å². The molecule has 1 N–H and O–H groups in total. The highest BCUT2D eigenvalue weighted by Gasteiger charge is 2.23. The molecule has 10 nitrogen and oxygen atoms in total. The zero-order valence-corrected chi connectivity index (χ0v) is 19.6. The van der Waals surface area contributed by atoms with Gasteiger partial charge in [-0.15, -0.1) is 0 Å². The Kier molecular flexibility index (Phi) is 7.57. The number of unbranched alkanes of at least 4 members (excludes halogenated alkanes) is 1. The Balaban J connectivity index is 1.44. The maximum atomic E-state index is 13.5. The summed E-state index contributed by atoms with van der Waals surface area (Å²) in [5.74, 6) is -0.380. The van der Waals surface area contributed by atoms with Crippen LogP contribution in [0.5, 0.6) is 5.75 Å². The summed E-state index contributed by atoms with van der Waals surface area (Å²) in [5.41, 5.74) is 0.688. The predicted molar refractivity (Wildman–Crippen MR) is 128 cm³/mol. The van der Waals surface area contributed by atoms with Crippen LogP contribution in [0.3, 0.4) is 0 Å². The predicted octanol–water partition coefficient (Wildman–Crippen LogP) is 4.48. The molecule has 184 valence electrons. The van der Waals surface area contributed by atoms with Crippen LogP contribution in [0.2, 0.25) is 5.02 Å². The van der Waals surface area contributed by atoms with Gasteiger partial charge in [-0.05, 0) is 44.5 Å². The van der Waals surface area contributed by atoms with Crippen LogP contribution in [0.4, 0.5) is 21.6 Å². The number of nitro groups is 1. The Morgan fingerprint density at radius 2 is 2.14 bits per heavy atom. The molecule has 1 unspecified atom stereocenters. The van der Waals surface area contributed by atoms with Crippen molar-refractivity contribution in [2.24, 2.45) is 0 Å². The molecule has 2 aromatic carbocycles. The van der Waals surface area contributed by atoms with Gasteiger partial charge >= 0.3 is 11.7 Å². The number of fused-ring (bicyclic) bond motifs is 1. The summed E-state index contributed by atoms with van der Waals surface area (Å²) in [6, 6.07) is 6.93. The lowest BCUT2D eigenvalue weighted by molar-refractivity contribution is -0.385. The molecule has 1 aromatic heterocycles. The van der Waals surface area contributed by atoms with Crippen LogP contribution in [-0.4, -0.2) is 58.1 Å². The minimum absolute atomic E-state index is 0.0650. The van der Waals surface area contributed by atoms with Gasteiger partial charge in [0.15, 0.2) is 5.75 Å². The second-order valence-electron chi connectivity index (χ2n) is 8.16. The highest BCUT2D eigenvalue weighted by Crippen LogP contribution is 2.35. The molecule has 1 atom stereocenters. The van der Waals surface area contributed by atoms with E-state index in [1.165, 1.54) is 36.7 Å². The van der Waals surface area contributed by atoms with Gasteiger partial charge in [-0.25, -0.2) is 14.4 Å². The SMILES string of the molecule is CC1CN(CCCCOc2cc3ncnc(Nc4ccc(F)c(Cl)c4)c3cc2[N+](=O)[O-])CC(=O)O1. The number of nitro benzene ring substituents is 1. The van der Waals surface area contributed by atoms with Gasteiger partial charge in [0, 0.05) is 24.4 Å². The van der Waals surface area contributed by atoms with E-state index in [0.29, 0.717) is 41.9 Å². The molecule has 3 aromatic rings. The van der Waals surface area contributed by atoms with E-state index in [0.717, 1.165) is 6.42 Å². The van der Waals surface area contributed by atoms with Crippen LogP contribution in [0.1, 0.15) is 19.8 Å². The van der Waals surface area contributed by atoms with E-state index in [1.807, 2.05) is 11.8 Å². The quantitative estimate of drug-likeness (QED) is 0.195. The van der Waals surface area contributed by atoms with Gasteiger partial charge < -0.3 is 14.8 Å². The Hall–Kier alpha value is -3.57.